The normalized spacial score (nSPS) is 21.7. The molecule has 3 heterocycles. The van der Waals surface area contributed by atoms with E-state index in [1.807, 2.05) is 54.4 Å². The van der Waals surface area contributed by atoms with Gasteiger partial charge in [-0.2, -0.15) is 0 Å². The Hall–Kier alpha value is -3.30. The van der Waals surface area contributed by atoms with Gasteiger partial charge in [0.25, 0.3) is 5.91 Å². The standard InChI is InChI=1S/C35H49N5O4/c1-3-4-21-40-33(43)30(31(41)27-10-6-5-7-11-27)37-34(44)35(40)18-23-39(24-19-35)25-26-13-15-28(16-14-26)32(42)38(2)22-17-29-12-8-9-20-36-29/h8-9,12-16,20,27,30-31,41H,3-7,10-11,17-19,21-25H2,1-2H3,(H,37,44). The number of carbonyl (C=O) groups is 3. The molecule has 1 saturated carbocycles. The smallest absolute Gasteiger partial charge is 0.253 e. The number of benzene rings is 1. The number of hydrogen-bond donors (Lipinski definition) is 2. The van der Waals surface area contributed by atoms with Crippen LogP contribution >= 0.6 is 0 Å². The third-order valence-electron chi connectivity index (χ3n) is 10.0. The molecule has 1 spiro atoms. The van der Waals surface area contributed by atoms with Crippen molar-refractivity contribution in [2.75, 3.05) is 33.2 Å². The van der Waals surface area contributed by atoms with Crippen LogP contribution in [0, 0.1) is 5.92 Å². The Bertz CT molecular complexity index is 1260. The molecule has 0 bridgehead atoms. The van der Waals surface area contributed by atoms with Crippen molar-refractivity contribution < 1.29 is 19.5 Å². The first-order valence-electron chi connectivity index (χ1n) is 16.6. The van der Waals surface area contributed by atoms with E-state index >= 15 is 0 Å². The number of aliphatic hydroxyl groups is 1. The van der Waals surface area contributed by atoms with Gasteiger partial charge in [-0.05, 0) is 67.9 Å². The summed E-state index contributed by atoms with van der Waals surface area (Å²) in [5.74, 6) is -0.174. The largest absolute Gasteiger partial charge is 0.390 e. The summed E-state index contributed by atoms with van der Waals surface area (Å²) >= 11 is 0. The average molecular weight is 604 g/mol. The lowest BCUT2D eigenvalue weighted by molar-refractivity contribution is -0.166. The molecule has 238 valence electrons. The molecule has 2 unspecified atom stereocenters. The van der Waals surface area contributed by atoms with E-state index in [-0.39, 0.29) is 23.6 Å². The SMILES string of the molecule is CCCCN1C(=O)C(C(O)C2CCCCC2)NC(=O)C12CCN(Cc1ccc(C(=O)N(C)CCc3ccccn3)cc1)CC2. The molecule has 2 N–H and O–H groups in total. The summed E-state index contributed by atoms with van der Waals surface area (Å²) in [6, 6.07) is 12.7. The maximum absolute atomic E-state index is 13.9. The number of rotatable bonds is 11. The van der Waals surface area contributed by atoms with Gasteiger partial charge < -0.3 is 20.2 Å². The van der Waals surface area contributed by atoms with E-state index in [1.54, 1.807) is 11.1 Å². The van der Waals surface area contributed by atoms with Gasteiger partial charge >= 0.3 is 0 Å². The zero-order valence-electron chi connectivity index (χ0n) is 26.4. The first-order chi connectivity index (χ1) is 21.3. The number of aromatic nitrogens is 1. The highest BCUT2D eigenvalue weighted by atomic mass is 16.3. The monoisotopic (exact) mass is 603 g/mol. The Morgan fingerprint density at radius 1 is 1.09 bits per heavy atom. The Labute approximate surface area is 262 Å². The second-order valence-electron chi connectivity index (χ2n) is 13.0. The van der Waals surface area contributed by atoms with Crippen LogP contribution in [0.2, 0.25) is 0 Å². The van der Waals surface area contributed by atoms with Crippen molar-refractivity contribution in [1.29, 1.82) is 0 Å². The number of amides is 3. The minimum Gasteiger partial charge on any atom is -0.390 e. The molecular formula is C35H49N5O4. The highest BCUT2D eigenvalue weighted by molar-refractivity contribution is 6.00. The third-order valence-corrected chi connectivity index (χ3v) is 10.0. The van der Waals surface area contributed by atoms with Crippen molar-refractivity contribution in [3.8, 4) is 0 Å². The Morgan fingerprint density at radius 2 is 1.82 bits per heavy atom. The highest BCUT2D eigenvalue weighted by Crippen LogP contribution is 2.36. The van der Waals surface area contributed by atoms with Gasteiger partial charge in [-0.15, -0.1) is 0 Å². The number of likely N-dealkylation sites (N-methyl/N-ethyl adjacent to an activating group) is 1. The lowest BCUT2D eigenvalue weighted by Gasteiger charge is -2.52. The predicted octanol–water partition coefficient (Wildman–Crippen LogP) is 3.80. The summed E-state index contributed by atoms with van der Waals surface area (Å²) in [6.45, 7) is 5.33. The number of aliphatic hydroxyl groups excluding tert-OH is 1. The number of likely N-dealkylation sites (tertiary alicyclic amines) is 1. The summed E-state index contributed by atoms with van der Waals surface area (Å²) in [4.78, 5) is 50.8. The number of hydrogen-bond acceptors (Lipinski definition) is 6. The van der Waals surface area contributed by atoms with Gasteiger partial charge in [0.2, 0.25) is 11.8 Å². The summed E-state index contributed by atoms with van der Waals surface area (Å²) in [5, 5.41) is 14.2. The number of piperidine rings is 1. The van der Waals surface area contributed by atoms with Gasteiger partial charge in [0.15, 0.2) is 0 Å². The predicted molar refractivity (Wildman–Crippen MR) is 170 cm³/mol. The summed E-state index contributed by atoms with van der Waals surface area (Å²) in [7, 11) is 1.82. The summed E-state index contributed by atoms with van der Waals surface area (Å²) < 4.78 is 0. The molecule has 2 aromatic rings. The topological polar surface area (TPSA) is 106 Å². The molecule has 2 atom stereocenters. The van der Waals surface area contributed by atoms with Crippen LogP contribution in [0.3, 0.4) is 0 Å². The zero-order chi connectivity index (χ0) is 31.1. The fraction of sp³-hybridized carbons (Fsp3) is 0.600. The highest BCUT2D eigenvalue weighted by Gasteiger charge is 2.55. The average Bonchev–Trinajstić information content (AvgIpc) is 3.07. The minimum atomic E-state index is -0.859. The first-order valence-corrected chi connectivity index (χ1v) is 16.6. The summed E-state index contributed by atoms with van der Waals surface area (Å²) in [5.41, 5.74) is 1.87. The molecule has 5 rings (SSSR count). The molecule has 2 aliphatic heterocycles. The van der Waals surface area contributed by atoms with E-state index in [1.165, 1.54) is 6.42 Å². The molecule has 0 radical (unpaired) electrons. The minimum absolute atomic E-state index is 0.0144. The van der Waals surface area contributed by atoms with Crippen LogP contribution in [0.15, 0.2) is 48.7 Å². The van der Waals surface area contributed by atoms with Crippen molar-refractivity contribution in [2.24, 2.45) is 5.92 Å². The van der Waals surface area contributed by atoms with E-state index in [2.05, 4.69) is 22.1 Å². The van der Waals surface area contributed by atoms with Crippen LogP contribution < -0.4 is 5.32 Å². The first kappa shape index (κ1) is 32.1. The van der Waals surface area contributed by atoms with E-state index in [0.29, 0.717) is 57.5 Å². The number of carbonyl (C=O) groups excluding carboxylic acids is 3. The Kier molecular flexibility index (Phi) is 10.7. The van der Waals surface area contributed by atoms with Crippen LogP contribution in [-0.4, -0.2) is 93.4 Å². The second-order valence-corrected chi connectivity index (χ2v) is 13.0. The van der Waals surface area contributed by atoms with E-state index in [4.69, 9.17) is 0 Å². The fourth-order valence-electron chi connectivity index (χ4n) is 7.20. The molecule has 1 aliphatic carbocycles. The number of piperazine rings is 1. The van der Waals surface area contributed by atoms with Crippen LogP contribution in [0.5, 0.6) is 0 Å². The van der Waals surface area contributed by atoms with Gasteiger partial charge in [0, 0.05) is 63.6 Å². The van der Waals surface area contributed by atoms with Crippen LogP contribution in [-0.2, 0) is 22.6 Å². The molecule has 1 aromatic heterocycles. The quantitative estimate of drug-likeness (QED) is 0.405. The molecule has 1 aromatic carbocycles. The Morgan fingerprint density at radius 3 is 2.48 bits per heavy atom. The fourth-order valence-corrected chi connectivity index (χ4v) is 7.20. The second kappa shape index (κ2) is 14.7. The number of pyridine rings is 1. The van der Waals surface area contributed by atoms with E-state index in [0.717, 1.165) is 49.8 Å². The van der Waals surface area contributed by atoms with Crippen molar-refractivity contribution in [3.05, 3.63) is 65.5 Å². The molecule has 2 saturated heterocycles. The van der Waals surface area contributed by atoms with Crippen LogP contribution in [0.1, 0.15) is 86.3 Å². The van der Waals surface area contributed by atoms with Crippen LogP contribution in [0.4, 0.5) is 0 Å². The van der Waals surface area contributed by atoms with Crippen molar-refractivity contribution in [3.63, 3.8) is 0 Å². The zero-order valence-corrected chi connectivity index (χ0v) is 26.4. The van der Waals surface area contributed by atoms with Crippen molar-refractivity contribution in [2.45, 2.75) is 95.4 Å². The Balaban J connectivity index is 1.17. The molecule has 3 aliphatic rings. The van der Waals surface area contributed by atoms with Gasteiger partial charge in [-0.25, -0.2) is 0 Å². The molecule has 3 amide bonds. The molecule has 3 fully saturated rings. The van der Waals surface area contributed by atoms with Crippen molar-refractivity contribution in [1.82, 2.24) is 25.0 Å². The summed E-state index contributed by atoms with van der Waals surface area (Å²) in [6.07, 6.45) is 9.67. The lowest BCUT2D eigenvalue weighted by atomic mass is 9.78. The molecule has 9 heteroatoms. The maximum Gasteiger partial charge on any atom is 0.253 e. The molecule has 9 nitrogen and oxygen atoms in total. The van der Waals surface area contributed by atoms with Crippen molar-refractivity contribution >= 4 is 17.7 Å². The lowest BCUT2D eigenvalue weighted by Crippen LogP contribution is -2.75. The van der Waals surface area contributed by atoms with Gasteiger partial charge in [-0.3, -0.25) is 24.3 Å². The third kappa shape index (κ3) is 7.15. The number of unbranched alkanes of at least 4 members (excludes halogenated alkanes) is 1. The molecule has 44 heavy (non-hydrogen) atoms. The van der Waals surface area contributed by atoms with Gasteiger partial charge in [-0.1, -0.05) is 50.8 Å². The maximum atomic E-state index is 13.9. The van der Waals surface area contributed by atoms with Gasteiger partial charge in [0.05, 0.1) is 6.10 Å². The van der Waals surface area contributed by atoms with E-state index in [9.17, 15) is 19.5 Å². The van der Waals surface area contributed by atoms with Gasteiger partial charge in [0.1, 0.15) is 11.6 Å². The van der Waals surface area contributed by atoms with Crippen LogP contribution in [0.25, 0.3) is 0 Å². The van der Waals surface area contributed by atoms with E-state index < -0.39 is 17.7 Å². The number of nitrogens with one attached hydrogen (secondary N) is 1. The molecular weight excluding hydrogens is 554 g/mol. The number of nitrogens with zero attached hydrogens (tertiary/aromatic N) is 4.